The summed E-state index contributed by atoms with van der Waals surface area (Å²) in [5.41, 5.74) is 2.19. The fraction of sp³-hybridized carbons (Fsp3) is 0.0345. The molecule has 3 aromatic carbocycles. The van der Waals surface area contributed by atoms with Gasteiger partial charge in [0.05, 0.1) is 17.3 Å². The maximum Gasteiger partial charge on any atom is 0.335 e. The molecule has 0 saturated carbocycles. The molecule has 0 fully saturated rings. The third-order valence-corrected chi connectivity index (χ3v) is 6.33. The molecule has 0 aliphatic heterocycles. The van der Waals surface area contributed by atoms with E-state index in [9.17, 15) is 23.2 Å². The molecule has 0 aliphatic carbocycles. The number of amides is 1. The first kappa shape index (κ1) is 25.7. The number of aromatic nitrogens is 2. The molecule has 0 aliphatic rings. The summed E-state index contributed by atoms with van der Waals surface area (Å²) < 4.78 is 28.9. The molecule has 1 amide bonds. The molecule has 0 atom stereocenters. The van der Waals surface area contributed by atoms with Gasteiger partial charge in [-0.2, -0.15) is 0 Å². The Bertz CT molecular complexity index is 1750. The predicted octanol–water partition coefficient (Wildman–Crippen LogP) is 5.79. The number of rotatable bonds is 7. The maximum absolute atomic E-state index is 14.0. The standard InChI is InChI=1S/C29H18ClF2N3O4/c30-21-8-5-17(6-9-21)26(36)27-33-15-22-11-20(19-7-10-23(31)24(32)12-19)13-25(35(22)27)28(37)34-14-16-1-3-18(4-2-16)29(38)39/h1-13,15H,14H2,(H,34,37)(H,38,39). The summed E-state index contributed by atoms with van der Waals surface area (Å²) >= 11 is 5.94. The van der Waals surface area contributed by atoms with Crippen molar-refractivity contribution in [3.05, 3.63) is 130 Å². The van der Waals surface area contributed by atoms with E-state index < -0.39 is 29.3 Å². The number of carboxylic acids is 1. The Labute approximate surface area is 225 Å². The number of nitrogens with one attached hydrogen (secondary N) is 1. The minimum absolute atomic E-state index is 0.0277. The van der Waals surface area contributed by atoms with Crippen LogP contribution in [0.1, 0.15) is 42.6 Å². The SMILES string of the molecule is O=C(O)c1ccc(CNC(=O)c2cc(-c3ccc(F)c(F)c3)cc3cnc(C(=O)c4ccc(Cl)cc4)n23)cc1. The molecule has 5 aromatic rings. The van der Waals surface area contributed by atoms with E-state index >= 15 is 0 Å². The highest BCUT2D eigenvalue weighted by Crippen LogP contribution is 2.27. The van der Waals surface area contributed by atoms with E-state index in [1.165, 1.54) is 34.9 Å². The van der Waals surface area contributed by atoms with Crippen LogP contribution in [-0.2, 0) is 6.54 Å². The maximum atomic E-state index is 14.0. The summed E-state index contributed by atoms with van der Waals surface area (Å²) in [5, 5.41) is 12.3. The Morgan fingerprint density at radius 2 is 1.54 bits per heavy atom. The molecule has 2 heterocycles. The first-order valence-corrected chi connectivity index (χ1v) is 12.0. The number of ketones is 1. The number of hydrogen-bond donors (Lipinski definition) is 2. The molecule has 10 heteroatoms. The van der Waals surface area contributed by atoms with Gasteiger partial charge in [0.1, 0.15) is 5.69 Å². The van der Waals surface area contributed by atoms with Crippen molar-refractivity contribution in [3.63, 3.8) is 0 Å². The lowest BCUT2D eigenvalue weighted by Gasteiger charge is -2.13. The van der Waals surface area contributed by atoms with Crippen LogP contribution in [0.5, 0.6) is 0 Å². The predicted molar refractivity (Wildman–Crippen MR) is 140 cm³/mol. The molecule has 0 spiro atoms. The quantitative estimate of drug-likeness (QED) is 0.252. The number of pyridine rings is 1. The van der Waals surface area contributed by atoms with Gasteiger partial charge in [-0.3, -0.25) is 14.0 Å². The first-order chi connectivity index (χ1) is 18.7. The van der Waals surface area contributed by atoms with Crippen LogP contribution < -0.4 is 5.32 Å². The number of hydrogen-bond acceptors (Lipinski definition) is 4. The first-order valence-electron chi connectivity index (χ1n) is 11.6. The van der Waals surface area contributed by atoms with Crippen LogP contribution in [0.15, 0.2) is 85.1 Å². The van der Waals surface area contributed by atoms with Gasteiger partial charge in [0.15, 0.2) is 17.5 Å². The van der Waals surface area contributed by atoms with Crippen molar-refractivity contribution in [2.24, 2.45) is 0 Å². The largest absolute Gasteiger partial charge is 0.478 e. The van der Waals surface area contributed by atoms with Crippen molar-refractivity contribution in [3.8, 4) is 11.1 Å². The molecular formula is C29H18ClF2N3O4. The number of nitrogens with zero attached hydrogens (tertiary/aromatic N) is 2. The summed E-state index contributed by atoms with van der Waals surface area (Å²) in [7, 11) is 0. The third kappa shape index (κ3) is 5.25. The molecule has 194 valence electrons. The highest BCUT2D eigenvalue weighted by molar-refractivity contribution is 6.30. The minimum atomic E-state index is -1.07. The average Bonchev–Trinajstić information content (AvgIpc) is 3.37. The fourth-order valence-corrected chi connectivity index (χ4v) is 4.20. The second-order valence-corrected chi connectivity index (χ2v) is 9.06. The normalized spacial score (nSPS) is 10.9. The van der Waals surface area contributed by atoms with Crippen molar-refractivity contribution < 1.29 is 28.3 Å². The van der Waals surface area contributed by atoms with E-state index in [0.29, 0.717) is 32.8 Å². The number of benzene rings is 3. The van der Waals surface area contributed by atoms with Crippen molar-refractivity contribution in [2.75, 3.05) is 0 Å². The van der Waals surface area contributed by atoms with Gasteiger partial charge < -0.3 is 10.4 Å². The fourth-order valence-electron chi connectivity index (χ4n) is 4.07. The van der Waals surface area contributed by atoms with Gasteiger partial charge in [0.2, 0.25) is 5.78 Å². The smallest absolute Gasteiger partial charge is 0.335 e. The van der Waals surface area contributed by atoms with Crippen molar-refractivity contribution in [2.45, 2.75) is 6.54 Å². The molecule has 39 heavy (non-hydrogen) atoms. The number of carbonyl (C=O) groups excluding carboxylic acids is 2. The number of halogens is 3. The van der Waals surface area contributed by atoms with E-state index in [-0.39, 0.29) is 23.6 Å². The zero-order chi connectivity index (χ0) is 27.7. The lowest BCUT2D eigenvalue weighted by atomic mass is 10.0. The van der Waals surface area contributed by atoms with Gasteiger partial charge in [-0.05, 0) is 77.4 Å². The Kier molecular flexibility index (Phi) is 6.91. The van der Waals surface area contributed by atoms with Crippen LogP contribution in [0.4, 0.5) is 8.78 Å². The number of imidazole rings is 1. The van der Waals surface area contributed by atoms with E-state index in [0.717, 1.165) is 12.1 Å². The topological polar surface area (TPSA) is 101 Å². The van der Waals surface area contributed by atoms with Crippen LogP contribution in [0.2, 0.25) is 5.02 Å². The van der Waals surface area contributed by atoms with E-state index in [1.54, 1.807) is 42.5 Å². The molecule has 0 unspecified atom stereocenters. The molecule has 0 bridgehead atoms. The van der Waals surface area contributed by atoms with Gasteiger partial charge >= 0.3 is 5.97 Å². The van der Waals surface area contributed by atoms with E-state index in [1.807, 2.05) is 0 Å². The van der Waals surface area contributed by atoms with Gasteiger partial charge in [0, 0.05) is 17.1 Å². The molecule has 5 rings (SSSR count). The molecular weight excluding hydrogens is 528 g/mol. The number of aromatic carboxylic acids is 1. The Morgan fingerprint density at radius 3 is 2.21 bits per heavy atom. The highest BCUT2D eigenvalue weighted by Gasteiger charge is 2.22. The highest BCUT2D eigenvalue weighted by atomic mass is 35.5. The van der Waals surface area contributed by atoms with Gasteiger partial charge in [-0.25, -0.2) is 18.6 Å². The second kappa shape index (κ2) is 10.5. The van der Waals surface area contributed by atoms with Crippen molar-refractivity contribution in [1.82, 2.24) is 14.7 Å². The van der Waals surface area contributed by atoms with Crippen LogP contribution in [0.3, 0.4) is 0 Å². The lowest BCUT2D eigenvalue weighted by Crippen LogP contribution is -2.26. The molecule has 2 aromatic heterocycles. The zero-order valence-electron chi connectivity index (χ0n) is 20.0. The zero-order valence-corrected chi connectivity index (χ0v) is 20.7. The minimum Gasteiger partial charge on any atom is -0.478 e. The molecule has 0 radical (unpaired) electrons. The molecule has 7 nitrogen and oxygen atoms in total. The molecule has 2 N–H and O–H groups in total. The monoisotopic (exact) mass is 545 g/mol. The Balaban J connectivity index is 1.57. The second-order valence-electron chi connectivity index (χ2n) is 8.62. The summed E-state index contributed by atoms with van der Waals surface area (Å²) in [6.45, 7) is 0.0603. The van der Waals surface area contributed by atoms with Gasteiger partial charge in [-0.15, -0.1) is 0 Å². The summed E-state index contributed by atoms with van der Waals surface area (Å²) in [4.78, 5) is 42.1. The van der Waals surface area contributed by atoms with Crippen LogP contribution in [0, 0.1) is 11.6 Å². The van der Waals surface area contributed by atoms with Crippen LogP contribution in [-0.4, -0.2) is 32.2 Å². The number of fused-ring (bicyclic) bond motifs is 1. The summed E-state index contributed by atoms with van der Waals surface area (Å²) in [6, 6.07) is 18.7. The van der Waals surface area contributed by atoms with Crippen LogP contribution in [0.25, 0.3) is 16.6 Å². The lowest BCUT2D eigenvalue weighted by molar-refractivity contribution is 0.0696. The van der Waals surface area contributed by atoms with Crippen LogP contribution >= 0.6 is 11.6 Å². The average molecular weight is 546 g/mol. The van der Waals surface area contributed by atoms with Gasteiger partial charge in [0.25, 0.3) is 5.91 Å². The Morgan fingerprint density at radius 1 is 0.846 bits per heavy atom. The Hall–Kier alpha value is -4.89. The number of carboxylic acid groups (broad SMARTS) is 1. The van der Waals surface area contributed by atoms with E-state index in [2.05, 4.69) is 10.3 Å². The summed E-state index contributed by atoms with van der Waals surface area (Å²) in [6.07, 6.45) is 1.41. The van der Waals surface area contributed by atoms with Gasteiger partial charge in [-0.1, -0.05) is 29.8 Å². The summed E-state index contributed by atoms with van der Waals surface area (Å²) in [5.74, 6) is -4.18. The van der Waals surface area contributed by atoms with Crippen molar-refractivity contribution >= 4 is 34.8 Å². The molecule has 0 saturated heterocycles. The van der Waals surface area contributed by atoms with Crippen molar-refractivity contribution in [1.29, 1.82) is 0 Å². The number of carbonyl (C=O) groups is 3. The van der Waals surface area contributed by atoms with E-state index in [4.69, 9.17) is 16.7 Å². The third-order valence-electron chi connectivity index (χ3n) is 6.07.